The average Bonchev–Trinajstić information content (AvgIpc) is 3.03. The summed E-state index contributed by atoms with van der Waals surface area (Å²) >= 11 is 0. The minimum Gasteiger partial charge on any atom is -0.508 e. The third-order valence-electron chi connectivity index (χ3n) is 5.46. The monoisotopic (exact) mass is 438 g/mol. The van der Waals surface area contributed by atoms with Gasteiger partial charge in [-0.2, -0.15) is 0 Å². The molecule has 2 aliphatic rings. The highest BCUT2D eigenvalue weighted by Gasteiger charge is 2.45. The molecule has 0 spiro atoms. The van der Waals surface area contributed by atoms with Crippen molar-refractivity contribution in [1.82, 2.24) is 0 Å². The second kappa shape index (κ2) is 7.94. The molecule has 0 saturated carbocycles. The lowest BCUT2D eigenvalue weighted by molar-refractivity contribution is -0.272. The van der Waals surface area contributed by atoms with Crippen LogP contribution in [0.4, 0.5) is 0 Å². The van der Waals surface area contributed by atoms with E-state index in [4.69, 9.17) is 19.3 Å². The van der Waals surface area contributed by atoms with Gasteiger partial charge in [-0.15, -0.1) is 0 Å². The average molecular weight is 438 g/mol. The first kappa shape index (κ1) is 21.3. The van der Waals surface area contributed by atoms with E-state index in [0.29, 0.717) is 12.2 Å². The molecule has 6 N–H and O–H groups in total. The van der Waals surface area contributed by atoms with E-state index in [1.165, 1.54) is 0 Å². The maximum atomic E-state index is 11.1. The summed E-state index contributed by atoms with van der Waals surface area (Å²) < 4.78 is 22.3. The molecule has 9 nitrogen and oxygen atoms in total. The van der Waals surface area contributed by atoms with Gasteiger partial charge in [0.25, 0.3) is 0 Å². The summed E-state index contributed by atoms with van der Waals surface area (Å²) in [4.78, 5) is 18.1. The van der Waals surface area contributed by atoms with Crippen LogP contribution < -0.4 is 4.74 Å². The zero-order valence-electron chi connectivity index (χ0n) is 15.8. The molecular weight excluding hydrogens is 415 g/mol. The quantitative estimate of drug-likeness (QED) is 0.316. The molecule has 0 radical (unpaired) electrons. The van der Waals surface area contributed by atoms with Crippen LogP contribution in [0.3, 0.4) is 0 Å². The summed E-state index contributed by atoms with van der Waals surface area (Å²) in [6.07, 6.45) is -7.23. The SMILES string of the molecule is O=P(O)(O)CC[C@H]1O[C@H](Oc2ccc3c(c2)Cc2cc(O)ccc2-3)[C@@H](O)[C@@H](O)[C@@H]1O. The van der Waals surface area contributed by atoms with E-state index < -0.39 is 44.5 Å². The Morgan fingerprint density at radius 1 is 0.967 bits per heavy atom. The zero-order chi connectivity index (χ0) is 21.6. The number of aliphatic hydroxyl groups excluding tert-OH is 3. The molecular formula is C20H23O9P. The first-order valence-corrected chi connectivity index (χ1v) is 11.3. The van der Waals surface area contributed by atoms with Crippen molar-refractivity contribution in [2.24, 2.45) is 0 Å². The number of fused-ring (bicyclic) bond motifs is 3. The smallest absolute Gasteiger partial charge is 0.325 e. The molecule has 2 aromatic rings. The molecule has 1 aliphatic carbocycles. The van der Waals surface area contributed by atoms with Crippen LogP contribution in [0.2, 0.25) is 0 Å². The maximum absolute atomic E-state index is 11.1. The molecule has 1 fully saturated rings. The second-order valence-electron chi connectivity index (χ2n) is 7.65. The zero-order valence-corrected chi connectivity index (χ0v) is 16.7. The van der Waals surface area contributed by atoms with Gasteiger partial charge in [0.2, 0.25) is 6.29 Å². The Bertz CT molecular complexity index is 988. The van der Waals surface area contributed by atoms with E-state index in [2.05, 4.69) is 0 Å². The maximum Gasteiger partial charge on any atom is 0.325 e. The third-order valence-corrected chi connectivity index (χ3v) is 6.30. The van der Waals surface area contributed by atoms with Crippen LogP contribution in [0.15, 0.2) is 36.4 Å². The number of rotatable bonds is 5. The van der Waals surface area contributed by atoms with Crippen LogP contribution in [0.25, 0.3) is 11.1 Å². The van der Waals surface area contributed by atoms with Gasteiger partial charge in [-0.1, -0.05) is 12.1 Å². The lowest BCUT2D eigenvalue weighted by Gasteiger charge is -2.40. The summed E-state index contributed by atoms with van der Waals surface area (Å²) in [5, 5.41) is 40.1. The Hall–Kier alpha value is -1.97. The van der Waals surface area contributed by atoms with Crippen molar-refractivity contribution in [3.05, 3.63) is 47.5 Å². The van der Waals surface area contributed by atoms with Crippen LogP contribution in [0.5, 0.6) is 11.5 Å². The third kappa shape index (κ3) is 4.24. The normalized spacial score (nSPS) is 28.1. The molecule has 10 heteroatoms. The second-order valence-corrected chi connectivity index (χ2v) is 9.42. The Labute approximate surface area is 172 Å². The van der Waals surface area contributed by atoms with E-state index in [1.54, 1.807) is 24.3 Å². The van der Waals surface area contributed by atoms with Crippen molar-refractivity contribution in [3.8, 4) is 22.6 Å². The van der Waals surface area contributed by atoms with E-state index >= 15 is 0 Å². The van der Waals surface area contributed by atoms with E-state index in [9.17, 15) is 25.0 Å². The fourth-order valence-electron chi connectivity index (χ4n) is 3.93. The minimum absolute atomic E-state index is 0.186. The van der Waals surface area contributed by atoms with Crippen LogP contribution in [0.1, 0.15) is 17.5 Å². The highest BCUT2D eigenvalue weighted by molar-refractivity contribution is 7.51. The van der Waals surface area contributed by atoms with Crippen molar-refractivity contribution >= 4 is 7.60 Å². The minimum atomic E-state index is -4.32. The van der Waals surface area contributed by atoms with Gasteiger partial charge in [0.15, 0.2) is 0 Å². The first-order valence-electron chi connectivity index (χ1n) is 9.48. The largest absolute Gasteiger partial charge is 0.508 e. The van der Waals surface area contributed by atoms with Gasteiger partial charge in [0.05, 0.1) is 12.3 Å². The fraction of sp³-hybridized carbons (Fsp3) is 0.400. The Morgan fingerprint density at radius 3 is 2.33 bits per heavy atom. The Morgan fingerprint density at radius 2 is 1.63 bits per heavy atom. The van der Waals surface area contributed by atoms with Gasteiger partial charge >= 0.3 is 7.60 Å². The first-order chi connectivity index (χ1) is 14.1. The van der Waals surface area contributed by atoms with Crippen LogP contribution in [-0.2, 0) is 15.7 Å². The predicted octanol–water partition coefficient (Wildman–Crippen LogP) is 0.718. The molecule has 0 aromatic heterocycles. The number of hydrogen-bond acceptors (Lipinski definition) is 7. The Kier molecular flexibility index (Phi) is 5.63. The van der Waals surface area contributed by atoms with Crippen molar-refractivity contribution in [2.45, 2.75) is 43.5 Å². The summed E-state index contributed by atoms with van der Waals surface area (Å²) in [6.45, 7) is 0. The molecule has 162 valence electrons. The molecule has 1 aliphatic heterocycles. The predicted molar refractivity (Wildman–Crippen MR) is 105 cm³/mol. The lowest BCUT2D eigenvalue weighted by Crippen LogP contribution is -2.59. The number of aliphatic hydroxyl groups is 3. The van der Waals surface area contributed by atoms with E-state index in [0.717, 1.165) is 22.3 Å². The standard InChI is InChI=1S/C20H23O9P/c21-12-1-3-14-10(8-12)7-11-9-13(2-4-15(11)14)28-20-19(24)18(23)17(22)16(29-20)5-6-30(25,26)27/h1-4,8-9,16-24H,5-7H2,(H2,25,26,27)/t16-,17-,18+,19+,20+/m1/s1. The van der Waals surface area contributed by atoms with Crippen LogP contribution in [0, 0.1) is 0 Å². The lowest BCUT2D eigenvalue weighted by atomic mass is 9.97. The van der Waals surface area contributed by atoms with Crippen LogP contribution in [-0.4, -0.2) is 67.1 Å². The number of phenols is 1. The number of benzene rings is 2. The topological polar surface area (TPSA) is 157 Å². The molecule has 1 heterocycles. The van der Waals surface area contributed by atoms with E-state index in [-0.39, 0.29) is 12.2 Å². The summed E-state index contributed by atoms with van der Waals surface area (Å²) in [6, 6.07) is 10.5. The Balaban J connectivity index is 1.50. The molecule has 0 amide bonds. The number of ether oxygens (including phenoxy) is 2. The van der Waals surface area contributed by atoms with Gasteiger partial charge in [0, 0.05) is 0 Å². The van der Waals surface area contributed by atoms with Gasteiger partial charge in [-0.05, 0) is 59.4 Å². The highest BCUT2D eigenvalue weighted by atomic mass is 31.2. The van der Waals surface area contributed by atoms with E-state index in [1.807, 2.05) is 12.1 Å². The summed E-state index contributed by atoms with van der Waals surface area (Å²) in [7, 11) is -4.32. The molecule has 30 heavy (non-hydrogen) atoms. The summed E-state index contributed by atoms with van der Waals surface area (Å²) in [5.74, 6) is 0.554. The van der Waals surface area contributed by atoms with Gasteiger partial charge in [0.1, 0.15) is 29.8 Å². The van der Waals surface area contributed by atoms with Crippen molar-refractivity contribution in [2.75, 3.05) is 6.16 Å². The van der Waals surface area contributed by atoms with Gasteiger partial charge in [-0.3, -0.25) is 4.57 Å². The molecule has 4 rings (SSSR count). The highest BCUT2D eigenvalue weighted by Crippen LogP contribution is 2.40. The fourth-order valence-corrected chi connectivity index (χ4v) is 4.52. The van der Waals surface area contributed by atoms with Crippen LogP contribution >= 0.6 is 7.60 Å². The number of aromatic hydroxyl groups is 1. The number of hydrogen-bond donors (Lipinski definition) is 6. The molecule has 0 unspecified atom stereocenters. The van der Waals surface area contributed by atoms with Crippen molar-refractivity contribution in [3.63, 3.8) is 0 Å². The van der Waals surface area contributed by atoms with Crippen molar-refractivity contribution in [1.29, 1.82) is 0 Å². The number of phenolic OH excluding ortho intramolecular Hbond substituents is 1. The molecule has 2 aromatic carbocycles. The molecule has 5 atom stereocenters. The van der Waals surface area contributed by atoms with Gasteiger partial charge < -0.3 is 39.7 Å². The molecule has 0 bridgehead atoms. The molecule has 1 saturated heterocycles. The van der Waals surface area contributed by atoms with Crippen molar-refractivity contribution < 1.29 is 44.3 Å². The van der Waals surface area contributed by atoms with Gasteiger partial charge in [-0.25, -0.2) is 0 Å². The summed E-state index contributed by atoms with van der Waals surface area (Å²) in [5.41, 5.74) is 3.95.